The van der Waals surface area contributed by atoms with Crippen LogP contribution in [0.15, 0.2) is 18.2 Å². The van der Waals surface area contributed by atoms with Crippen LogP contribution in [0.4, 0.5) is 11.4 Å². The molecular formula is C14H16N2O3. The van der Waals surface area contributed by atoms with Crippen molar-refractivity contribution in [3.63, 3.8) is 0 Å². The molecule has 0 unspecified atom stereocenters. The van der Waals surface area contributed by atoms with Gasteiger partial charge in [0.05, 0.1) is 17.9 Å². The van der Waals surface area contributed by atoms with Gasteiger partial charge in [-0.3, -0.25) is 9.59 Å². The molecule has 5 nitrogen and oxygen atoms in total. The highest BCUT2D eigenvalue weighted by atomic mass is 16.5. The van der Waals surface area contributed by atoms with E-state index in [2.05, 4.69) is 4.90 Å². The summed E-state index contributed by atoms with van der Waals surface area (Å²) < 4.78 is 5.43. The largest absolute Gasteiger partial charge is 0.380 e. The van der Waals surface area contributed by atoms with Crippen LogP contribution in [-0.2, 0) is 9.53 Å². The predicted octanol–water partition coefficient (Wildman–Crippen LogP) is 1.07. The van der Waals surface area contributed by atoms with Crippen LogP contribution in [0.25, 0.3) is 0 Å². The number of anilines is 2. The second kappa shape index (κ2) is 4.66. The van der Waals surface area contributed by atoms with E-state index in [1.807, 2.05) is 12.1 Å². The van der Waals surface area contributed by atoms with Gasteiger partial charge < -0.3 is 14.5 Å². The number of ketones is 1. The fourth-order valence-corrected chi connectivity index (χ4v) is 2.57. The number of carbonyl (C=O) groups is 2. The third-order valence-corrected chi connectivity index (χ3v) is 3.67. The number of Topliss-reactive ketones (excluding diaryl/α,β-unsaturated/α-hetero) is 1. The van der Waals surface area contributed by atoms with Gasteiger partial charge in [0.2, 0.25) is 0 Å². The molecular weight excluding hydrogens is 244 g/mol. The van der Waals surface area contributed by atoms with Gasteiger partial charge in [-0.2, -0.15) is 0 Å². The van der Waals surface area contributed by atoms with E-state index in [0.717, 1.165) is 31.8 Å². The van der Waals surface area contributed by atoms with Gasteiger partial charge in [-0.25, -0.2) is 0 Å². The average Bonchev–Trinajstić information content (AvgIpc) is 2.68. The second-order valence-electron chi connectivity index (χ2n) is 4.85. The molecule has 0 atom stereocenters. The van der Waals surface area contributed by atoms with Crippen molar-refractivity contribution in [1.82, 2.24) is 0 Å². The van der Waals surface area contributed by atoms with E-state index in [4.69, 9.17) is 4.74 Å². The number of hydrogen-bond acceptors (Lipinski definition) is 4. The molecule has 1 saturated heterocycles. The maximum atomic E-state index is 11.7. The molecule has 0 radical (unpaired) electrons. The zero-order valence-corrected chi connectivity index (χ0v) is 10.9. The van der Waals surface area contributed by atoms with Crippen LogP contribution >= 0.6 is 0 Å². The Hall–Kier alpha value is -1.88. The summed E-state index contributed by atoms with van der Waals surface area (Å²) in [5, 5.41) is 0. The first-order valence-electron chi connectivity index (χ1n) is 6.47. The van der Waals surface area contributed by atoms with Crippen molar-refractivity contribution in [3.8, 4) is 0 Å². The Morgan fingerprint density at radius 2 is 2.00 bits per heavy atom. The zero-order valence-electron chi connectivity index (χ0n) is 10.9. The van der Waals surface area contributed by atoms with Crippen LogP contribution in [0.3, 0.4) is 0 Å². The second-order valence-corrected chi connectivity index (χ2v) is 4.85. The van der Waals surface area contributed by atoms with E-state index < -0.39 is 11.7 Å². The lowest BCUT2D eigenvalue weighted by Crippen LogP contribution is -2.26. The smallest absolute Gasteiger partial charge is 0.299 e. The standard InChI is InChI=1S/C14H16N2O3/c1-15-12-9-10(16-5-2-7-19-8-6-16)3-4-11(12)13(17)14(15)18/h3-4,9H,2,5-8H2,1H3. The first-order chi connectivity index (χ1) is 9.18. The van der Waals surface area contributed by atoms with Crippen molar-refractivity contribution < 1.29 is 14.3 Å². The topological polar surface area (TPSA) is 49.9 Å². The maximum absolute atomic E-state index is 11.7. The van der Waals surface area contributed by atoms with Crippen molar-refractivity contribution in [3.05, 3.63) is 23.8 Å². The highest BCUT2D eigenvalue weighted by molar-refractivity contribution is 6.52. The molecule has 5 heteroatoms. The molecule has 1 fully saturated rings. The minimum absolute atomic E-state index is 0.414. The van der Waals surface area contributed by atoms with Crippen molar-refractivity contribution in [2.75, 3.05) is 43.2 Å². The van der Waals surface area contributed by atoms with Crippen LogP contribution in [-0.4, -0.2) is 45.0 Å². The number of nitrogens with zero attached hydrogens (tertiary/aromatic N) is 2. The quantitative estimate of drug-likeness (QED) is 0.709. The molecule has 2 heterocycles. The lowest BCUT2D eigenvalue weighted by Gasteiger charge is -2.23. The summed E-state index contributed by atoms with van der Waals surface area (Å²) in [5.74, 6) is -0.866. The van der Waals surface area contributed by atoms with Gasteiger partial charge in [-0.15, -0.1) is 0 Å². The SMILES string of the molecule is CN1C(=O)C(=O)c2ccc(N3CCCOCC3)cc21. The maximum Gasteiger partial charge on any atom is 0.299 e. The molecule has 3 rings (SSSR count). The highest BCUT2D eigenvalue weighted by Gasteiger charge is 2.33. The van der Waals surface area contributed by atoms with E-state index in [-0.39, 0.29) is 0 Å². The van der Waals surface area contributed by atoms with Gasteiger partial charge in [0, 0.05) is 32.4 Å². The van der Waals surface area contributed by atoms with Crippen molar-refractivity contribution in [2.45, 2.75) is 6.42 Å². The fraction of sp³-hybridized carbons (Fsp3) is 0.429. The lowest BCUT2D eigenvalue weighted by molar-refractivity contribution is -0.114. The number of fused-ring (bicyclic) bond motifs is 1. The van der Waals surface area contributed by atoms with E-state index >= 15 is 0 Å². The summed E-state index contributed by atoms with van der Waals surface area (Å²) >= 11 is 0. The van der Waals surface area contributed by atoms with Crippen LogP contribution in [0.2, 0.25) is 0 Å². The minimum Gasteiger partial charge on any atom is -0.380 e. The summed E-state index contributed by atoms with van der Waals surface area (Å²) in [7, 11) is 1.64. The Bertz CT molecular complexity index is 533. The molecule has 0 bridgehead atoms. The first kappa shape index (κ1) is 12.2. The van der Waals surface area contributed by atoms with Gasteiger partial charge in [0.25, 0.3) is 11.7 Å². The number of carbonyl (C=O) groups excluding carboxylic acids is 2. The van der Waals surface area contributed by atoms with Crippen LogP contribution in [0.5, 0.6) is 0 Å². The van der Waals surface area contributed by atoms with Gasteiger partial charge in [0.1, 0.15) is 0 Å². The third kappa shape index (κ3) is 2.00. The van der Waals surface area contributed by atoms with Crippen LogP contribution in [0.1, 0.15) is 16.8 Å². The van der Waals surface area contributed by atoms with Crippen molar-refractivity contribution in [1.29, 1.82) is 0 Å². The predicted molar refractivity (Wildman–Crippen MR) is 71.8 cm³/mol. The molecule has 2 aliphatic rings. The fourth-order valence-electron chi connectivity index (χ4n) is 2.57. The van der Waals surface area contributed by atoms with Gasteiger partial charge in [-0.05, 0) is 24.6 Å². The summed E-state index contributed by atoms with van der Waals surface area (Å²) in [5.41, 5.74) is 2.25. The first-order valence-corrected chi connectivity index (χ1v) is 6.47. The molecule has 0 N–H and O–H groups in total. The highest BCUT2D eigenvalue weighted by Crippen LogP contribution is 2.32. The van der Waals surface area contributed by atoms with Gasteiger partial charge >= 0.3 is 0 Å². The number of amides is 1. The minimum atomic E-state index is -0.452. The van der Waals surface area contributed by atoms with Crippen LogP contribution < -0.4 is 9.80 Å². The molecule has 0 aliphatic carbocycles. The van der Waals surface area contributed by atoms with E-state index in [1.165, 1.54) is 4.90 Å². The molecule has 1 amide bonds. The monoisotopic (exact) mass is 260 g/mol. The number of hydrogen-bond donors (Lipinski definition) is 0. The summed E-state index contributed by atoms with van der Waals surface area (Å²) in [6.07, 6.45) is 0.991. The molecule has 1 aromatic carbocycles. The molecule has 19 heavy (non-hydrogen) atoms. The molecule has 2 aliphatic heterocycles. The van der Waals surface area contributed by atoms with Crippen LogP contribution in [0, 0.1) is 0 Å². The summed E-state index contributed by atoms with van der Waals surface area (Å²) in [6.45, 7) is 3.28. The Morgan fingerprint density at radius 3 is 2.84 bits per heavy atom. The van der Waals surface area contributed by atoms with E-state index in [1.54, 1.807) is 13.1 Å². The Morgan fingerprint density at radius 1 is 1.16 bits per heavy atom. The van der Waals surface area contributed by atoms with E-state index in [0.29, 0.717) is 17.9 Å². The van der Waals surface area contributed by atoms with E-state index in [9.17, 15) is 9.59 Å². The normalized spacial score (nSPS) is 19.6. The number of likely N-dealkylation sites (N-methyl/N-ethyl adjacent to an activating group) is 1. The molecule has 0 aromatic heterocycles. The number of benzene rings is 1. The number of ether oxygens (including phenoxy) is 1. The van der Waals surface area contributed by atoms with Crippen molar-refractivity contribution in [2.24, 2.45) is 0 Å². The molecule has 1 aromatic rings. The Balaban J connectivity index is 1.93. The average molecular weight is 260 g/mol. The molecule has 0 saturated carbocycles. The van der Waals surface area contributed by atoms with Crippen molar-refractivity contribution >= 4 is 23.1 Å². The van der Waals surface area contributed by atoms with Gasteiger partial charge in [0.15, 0.2) is 0 Å². The number of rotatable bonds is 1. The molecule has 0 spiro atoms. The zero-order chi connectivity index (χ0) is 13.4. The Kier molecular flexibility index (Phi) is 2.98. The van der Waals surface area contributed by atoms with Gasteiger partial charge in [-0.1, -0.05) is 0 Å². The Labute approximate surface area is 111 Å². The summed E-state index contributed by atoms with van der Waals surface area (Å²) in [4.78, 5) is 27.0. The summed E-state index contributed by atoms with van der Waals surface area (Å²) in [6, 6.07) is 5.58. The third-order valence-electron chi connectivity index (χ3n) is 3.67. The lowest BCUT2D eigenvalue weighted by atomic mass is 10.1. The molecule has 100 valence electrons.